The lowest BCUT2D eigenvalue weighted by Gasteiger charge is -2.21. The van der Waals surface area contributed by atoms with E-state index in [1.54, 1.807) is 0 Å². The highest BCUT2D eigenvalue weighted by Crippen LogP contribution is 2.45. The zero-order valence-corrected chi connectivity index (χ0v) is 69.0. The SMILES string of the molecule is CC/C=C\C/C=C\C/C=C\C/C=C\C/C=C\C/C=C\CCC(=O)OCC(COP(=O)(O)OCC(O)COP(=O)(O)OCC(COC(=O)CCCCC/C=C\C/C=C\C/C=C\C/C=C\C/C=C\CC)OC(=O)CCCCCCCCCCCCCCCCC)OC(=O)CCCCCCC/C=C\C/C=C\C/C=C\CC. The van der Waals surface area contributed by atoms with E-state index in [0.29, 0.717) is 32.1 Å². The van der Waals surface area contributed by atoms with Gasteiger partial charge in [-0.1, -0.05) is 313 Å². The first-order valence-corrected chi connectivity index (χ1v) is 44.4. The second-order valence-electron chi connectivity index (χ2n) is 26.9. The fourth-order valence-corrected chi connectivity index (χ4v) is 12.1. The number of phosphoric ester groups is 2. The van der Waals surface area contributed by atoms with Gasteiger partial charge in [0.2, 0.25) is 0 Å². The Morgan fingerprint density at radius 3 is 0.806 bits per heavy atom. The van der Waals surface area contributed by atoms with E-state index in [9.17, 15) is 43.2 Å². The Bertz CT molecular complexity index is 2710. The van der Waals surface area contributed by atoms with Crippen molar-refractivity contribution in [1.29, 1.82) is 0 Å². The summed E-state index contributed by atoms with van der Waals surface area (Å²) in [5.74, 6) is -2.33. The van der Waals surface area contributed by atoms with Crippen LogP contribution in [0.5, 0.6) is 0 Å². The summed E-state index contributed by atoms with van der Waals surface area (Å²) in [6.07, 6.45) is 94.8. The number of unbranched alkanes of at least 4 members (excludes halogenated alkanes) is 22. The number of hydrogen-bond acceptors (Lipinski definition) is 15. The number of esters is 4. The van der Waals surface area contributed by atoms with E-state index in [2.05, 4.69) is 180 Å². The van der Waals surface area contributed by atoms with Crippen molar-refractivity contribution in [2.45, 2.75) is 329 Å². The Balaban J connectivity index is 5.48. The van der Waals surface area contributed by atoms with Gasteiger partial charge in [0.05, 0.1) is 26.4 Å². The van der Waals surface area contributed by atoms with Gasteiger partial charge in [0, 0.05) is 25.7 Å². The highest BCUT2D eigenvalue weighted by molar-refractivity contribution is 7.47. The number of carbonyl (C=O) groups is 4. The van der Waals surface area contributed by atoms with E-state index in [4.69, 9.17) is 37.0 Å². The summed E-state index contributed by atoms with van der Waals surface area (Å²) >= 11 is 0. The molecule has 0 fully saturated rings. The normalized spacial score (nSPS) is 14.7. The molecule has 0 saturated heterocycles. The van der Waals surface area contributed by atoms with E-state index < -0.39 is 97.5 Å². The van der Waals surface area contributed by atoms with Gasteiger partial charge in [-0.2, -0.15) is 0 Å². The average Bonchev–Trinajstić information content (AvgIpc) is 0.923. The summed E-state index contributed by atoms with van der Waals surface area (Å²) in [5.41, 5.74) is 0. The fraction of sp³-hybridized carbons (Fsp3) is 0.640. The predicted octanol–water partition coefficient (Wildman–Crippen LogP) is 24.6. The van der Waals surface area contributed by atoms with Crippen LogP contribution in [0.2, 0.25) is 0 Å². The molecular weight excluding hydrogens is 1400 g/mol. The Morgan fingerprint density at radius 2 is 0.500 bits per heavy atom. The Kier molecular flexibility index (Phi) is 75.4. The quantitative estimate of drug-likeness (QED) is 0.0169. The zero-order valence-electron chi connectivity index (χ0n) is 67.2. The molecule has 17 nitrogen and oxygen atoms in total. The Labute approximate surface area is 654 Å². The summed E-state index contributed by atoms with van der Waals surface area (Å²) in [6.45, 7) is 4.41. The highest BCUT2D eigenvalue weighted by atomic mass is 31.2. The van der Waals surface area contributed by atoms with Crippen molar-refractivity contribution in [2.75, 3.05) is 39.6 Å². The monoisotopic (exact) mass is 1550 g/mol. The van der Waals surface area contributed by atoms with Gasteiger partial charge in [0.25, 0.3) is 0 Å². The van der Waals surface area contributed by atoms with Crippen molar-refractivity contribution in [3.8, 4) is 0 Å². The molecule has 0 aromatic heterocycles. The maximum atomic E-state index is 13.1. The molecule has 19 heteroatoms. The van der Waals surface area contributed by atoms with Gasteiger partial charge in [0.1, 0.15) is 19.3 Å². The molecule has 0 aliphatic carbocycles. The molecule has 0 rings (SSSR count). The lowest BCUT2D eigenvalue weighted by molar-refractivity contribution is -0.161. The van der Waals surface area contributed by atoms with Crippen LogP contribution in [-0.2, 0) is 65.4 Å². The number of aliphatic hydroxyl groups is 1. The molecule has 0 bridgehead atoms. The number of aliphatic hydroxyl groups excluding tert-OH is 1. The van der Waals surface area contributed by atoms with Gasteiger partial charge in [-0.3, -0.25) is 37.3 Å². The summed E-state index contributed by atoms with van der Waals surface area (Å²) in [4.78, 5) is 73.1. The summed E-state index contributed by atoms with van der Waals surface area (Å²) in [5, 5.41) is 10.7. The molecular formula is C89H146O17P2. The third kappa shape index (κ3) is 78.5. The lowest BCUT2D eigenvalue weighted by atomic mass is 10.0. The average molecular weight is 1550 g/mol. The van der Waals surface area contributed by atoms with Crippen LogP contribution in [0.1, 0.15) is 310 Å². The number of allylic oxidation sites excluding steroid dienone is 28. The first-order valence-electron chi connectivity index (χ1n) is 41.4. The number of rotatable bonds is 76. The number of ether oxygens (including phenoxy) is 4. The van der Waals surface area contributed by atoms with Gasteiger partial charge >= 0.3 is 39.5 Å². The fourth-order valence-electron chi connectivity index (χ4n) is 10.5. The van der Waals surface area contributed by atoms with Crippen molar-refractivity contribution >= 4 is 39.5 Å². The van der Waals surface area contributed by atoms with Gasteiger partial charge in [-0.25, -0.2) is 9.13 Å². The van der Waals surface area contributed by atoms with Crippen LogP contribution >= 0.6 is 15.6 Å². The second kappa shape index (κ2) is 79.5. The number of hydrogen-bond donors (Lipinski definition) is 3. The maximum Gasteiger partial charge on any atom is 0.472 e. The van der Waals surface area contributed by atoms with Crippen LogP contribution in [0.3, 0.4) is 0 Å². The van der Waals surface area contributed by atoms with Crippen LogP contribution in [0.25, 0.3) is 0 Å². The smallest absolute Gasteiger partial charge is 0.462 e. The van der Waals surface area contributed by atoms with Crippen molar-refractivity contribution in [1.82, 2.24) is 0 Å². The molecule has 0 radical (unpaired) electrons. The third-order valence-corrected chi connectivity index (χ3v) is 18.6. The topological polar surface area (TPSA) is 237 Å². The van der Waals surface area contributed by atoms with E-state index in [-0.39, 0.29) is 25.7 Å². The molecule has 0 heterocycles. The zero-order chi connectivity index (χ0) is 78.9. The van der Waals surface area contributed by atoms with Crippen molar-refractivity contribution < 1.29 is 80.2 Å². The van der Waals surface area contributed by atoms with Crippen LogP contribution in [0.4, 0.5) is 0 Å². The van der Waals surface area contributed by atoms with Crippen molar-refractivity contribution in [3.05, 3.63) is 170 Å². The highest BCUT2D eigenvalue weighted by Gasteiger charge is 2.30. The molecule has 614 valence electrons. The van der Waals surface area contributed by atoms with Crippen LogP contribution < -0.4 is 0 Å². The van der Waals surface area contributed by atoms with E-state index >= 15 is 0 Å². The van der Waals surface area contributed by atoms with Gasteiger partial charge in [-0.05, 0) is 141 Å². The molecule has 0 saturated carbocycles. The first-order chi connectivity index (χ1) is 52.7. The molecule has 108 heavy (non-hydrogen) atoms. The second-order valence-corrected chi connectivity index (χ2v) is 29.8. The number of phosphoric acid groups is 2. The molecule has 3 N–H and O–H groups in total. The minimum atomic E-state index is -5.01. The molecule has 0 amide bonds. The van der Waals surface area contributed by atoms with E-state index in [0.717, 1.165) is 161 Å². The van der Waals surface area contributed by atoms with Crippen LogP contribution in [0, 0.1) is 0 Å². The Hall–Kier alpha value is -5.58. The lowest BCUT2D eigenvalue weighted by Crippen LogP contribution is -2.30. The Morgan fingerprint density at radius 1 is 0.269 bits per heavy atom. The first kappa shape index (κ1) is 102. The van der Waals surface area contributed by atoms with Crippen molar-refractivity contribution in [2.24, 2.45) is 0 Å². The number of carbonyl (C=O) groups excluding carboxylic acids is 4. The summed E-state index contributed by atoms with van der Waals surface area (Å²) in [6, 6.07) is 0. The summed E-state index contributed by atoms with van der Waals surface area (Å²) < 4.78 is 68.6. The van der Waals surface area contributed by atoms with Gasteiger partial charge < -0.3 is 33.8 Å². The molecule has 0 aliphatic heterocycles. The predicted molar refractivity (Wildman–Crippen MR) is 445 cm³/mol. The minimum Gasteiger partial charge on any atom is -0.462 e. The minimum absolute atomic E-state index is 0.0264. The van der Waals surface area contributed by atoms with Crippen LogP contribution in [0.15, 0.2) is 170 Å². The molecule has 0 aliphatic rings. The molecule has 0 spiro atoms. The van der Waals surface area contributed by atoms with Gasteiger partial charge in [-0.15, -0.1) is 0 Å². The van der Waals surface area contributed by atoms with Gasteiger partial charge in [0.15, 0.2) is 12.2 Å². The molecule has 0 aromatic rings. The standard InChI is InChI=1S/C89H146O17P2/c1-5-9-13-17-21-25-29-33-37-39-41-43-47-49-53-57-61-65-69-73-86(91)99-79-84(105-88(93)75-71-67-63-59-55-51-45-35-31-27-23-19-15-11-7-3)81-103-107(95,96)101-77-83(90)78-102-108(97,98)104-82-85(106-89(94)76-72-68-64-60-56-52-46-36-32-28-24-20-16-12-8-4)80-100-87(92)74-70-66-62-58-54-50-48-44-42-40-38-34-30-26-22-18-14-10-6-2/h9-11,13-15,21-23,25-27,33-35,37-38,41-45,49-50,53-54,61,65,83-85,90H,5-8,12,16-20,24,28-32,36,39-40,46-48,51-52,55-60,62-64,66-82H2,1-4H3,(H,95,96)(H,97,98)/b13-9-,14-10-,15-11-,25-21-,26-22-,27-23-,37-33-,38-34-,43-41-,44-42-,45-35-,53-49-,54-50-,65-61-. The maximum absolute atomic E-state index is 13.1. The molecule has 5 unspecified atom stereocenters. The largest absolute Gasteiger partial charge is 0.472 e. The van der Waals surface area contributed by atoms with E-state index in [1.807, 2.05) is 18.2 Å². The van der Waals surface area contributed by atoms with E-state index in [1.165, 1.54) is 64.2 Å². The molecule has 5 atom stereocenters. The van der Waals surface area contributed by atoms with Crippen molar-refractivity contribution in [3.63, 3.8) is 0 Å². The third-order valence-electron chi connectivity index (χ3n) is 16.7. The molecule has 0 aromatic carbocycles. The summed E-state index contributed by atoms with van der Waals surface area (Å²) in [7, 11) is -10.0. The van der Waals surface area contributed by atoms with Crippen LogP contribution in [-0.4, -0.2) is 96.7 Å².